The van der Waals surface area contributed by atoms with E-state index >= 15 is 0 Å². The maximum atomic E-state index is 12.9. The Bertz CT molecular complexity index is 1160. The van der Waals surface area contributed by atoms with Gasteiger partial charge in [0, 0.05) is 13.1 Å². The van der Waals surface area contributed by atoms with Crippen molar-refractivity contribution in [3.8, 4) is 11.4 Å². The van der Waals surface area contributed by atoms with Crippen LogP contribution < -0.4 is 15.6 Å². The standard InChI is InChI=1S/C21H22N4O5/c1-13-10-11-18(17(12-13)25(28)29)30-15(3)20(26)22-19-14(2)23(4)24(21(19)27)16-8-6-5-7-9-16/h5-12,15H,1-4H3,(H,22,26)/t15-/m0/s1. The highest BCUT2D eigenvalue weighted by atomic mass is 16.6. The molecular weight excluding hydrogens is 388 g/mol. The first-order chi connectivity index (χ1) is 14.2. The molecule has 0 aliphatic heterocycles. The molecule has 0 unspecified atom stereocenters. The van der Waals surface area contributed by atoms with Crippen LogP contribution in [0.4, 0.5) is 11.4 Å². The molecule has 0 saturated carbocycles. The van der Waals surface area contributed by atoms with Gasteiger partial charge in [0.2, 0.25) is 0 Å². The summed E-state index contributed by atoms with van der Waals surface area (Å²) in [5.74, 6) is -0.601. The molecule has 0 spiro atoms. The van der Waals surface area contributed by atoms with Crippen molar-refractivity contribution in [1.29, 1.82) is 0 Å². The van der Waals surface area contributed by atoms with Gasteiger partial charge in [0.1, 0.15) is 5.69 Å². The van der Waals surface area contributed by atoms with Gasteiger partial charge in [0.15, 0.2) is 11.9 Å². The average Bonchev–Trinajstić information content (AvgIpc) is 2.92. The number of aryl methyl sites for hydroxylation is 1. The molecule has 3 rings (SSSR count). The summed E-state index contributed by atoms with van der Waals surface area (Å²) < 4.78 is 8.62. The van der Waals surface area contributed by atoms with Crippen LogP contribution in [-0.2, 0) is 11.8 Å². The lowest BCUT2D eigenvalue weighted by Crippen LogP contribution is -2.32. The first kappa shape index (κ1) is 20.8. The number of nitrogens with zero attached hydrogens (tertiary/aromatic N) is 3. The highest BCUT2D eigenvalue weighted by Gasteiger charge is 2.24. The van der Waals surface area contributed by atoms with Crippen LogP contribution in [0.5, 0.6) is 5.75 Å². The number of carbonyl (C=O) groups excluding carboxylic acids is 1. The maximum Gasteiger partial charge on any atom is 0.311 e. The van der Waals surface area contributed by atoms with Crippen molar-refractivity contribution in [2.45, 2.75) is 26.9 Å². The topological polar surface area (TPSA) is 108 Å². The van der Waals surface area contributed by atoms with E-state index in [1.165, 1.54) is 23.7 Å². The van der Waals surface area contributed by atoms with Gasteiger partial charge in [0.25, 0.3) is 11.5 Å². The number of hydrogen-bond donors (Lipinski definition) is 1. The summed E-state index contributed by atoms with van der Waals surface area (Å²) in [5.41, 5.74) is 1.44. The van der Waals surface area contributed by atoms with Crippen LogP contribution >= 0.6 is 0 Å². The number of aromatic nitrogens is 2. The van der Waals surface area contributed by atoms with Gasteiger partial charge in [0.05, 0.1) is 16.3 Å². The van der Waals surface area contributed by atoms with Crippen molar-refractivity contribution in [3.05, 3.63) is 80.3 Å². The Morgan fingerprint density at radius 1 is 1.17 bits per heavy atom. The monoisotopic (exact) mass is 410 g/mol. The number of nitro benzene ring substituents is 1. The molecule has 1 heterocycles. The van der Waals surface area contributed by atoms with Crippen molar-refractivity contribution < 1.29 is 14.5 Å². The van der Waals surface area contributed by atoms with Crippen molar-refractivity contribution in [1.82, 2.24) is 9.36 Å². The summed E-state index contributed by atoms with van der Waals surface area (Å²) >= 11 is 0. The third-order valence-corrected chi connectivity index (χ3v) is 4.79. The second-order valence-electron chi connectivity index (χ2n) is 6.91. The number of nitrogens with one attached hydrogen (secondary N) is 1. The molecule has 9 nitrogen and oxygen atoms in total. The Morgan fingerprint density at radius 2 is 1.83 bits per heavy atom. The molecule has 1 aromatic heterocycles. The Labute approximate surface area is 172 Å². The fourth-order valence-corrected chi connectivity index (χ4v) is 3.05. The number of para-hydroxylation sites is 1. The van der Waals surface area contributed by atoms with Crippen molar-refractivity contribution >= 4 is 17.3 Å². The molecule has 2 aromatic carbocycles. The summed E-state index contributed by atoms with van der Waals surface area (Å²) in [6.07, 6.45) is -1.06. The summed E-state index contributed by atoms with van der Waals surface area (Å²) in [6, 6.07) is 13.5. The molecule has 3 aromatic rings. The third-order valence-electron chi connectivity index (χ3n) is 4.79. The van der Waals surface area contributed by atoms with Gasteiger partial charge in [-0.05, 0) is 44.5 Å². The molecule has 0 aliphatic carbocycles. The van der Waals surface area contributed by atoms with Crippen molar-refractivity contribution in [3.63, 3.8) is 0 Å². The number of benzene rings is 2. The Kier molecular flexibility index (Phi) is 5.72. The maximum absolute atomic E-state index is 12.9. The van der Waals surface area contributed by atoms with Gasteiger partial charge in [-0.1, -0.05) is 24.3 Å². The zero-order valence-electron chi connectivity index (χ0n) is 17.1. The van der Waals surface area contributed by atoms with Gasteiger partial charge in [-0.15, -0.1) is 0 Å². The molecule has 156 valence electrons. The lowest BCUT2D eigenvalue weighted by molar-refractivity contribution is -0.386. The zero-order chi connectivity index (χ0) is 22.0. The van der Waals surface area contributed by atoms with Crippen molar-refractivity contribution in [2.24, 2.45) is 7.05 Å². The minimum absolute atomic E-state index is 0.0141. The minimum Gasteiger partial charge on any atom is -0.474 e. The predicted octanol–water partition coefficient (Wildman–Crippen LogP) is 3.11. The molecule has 1 amide bonds. The van der Waals surface area contributed by atoms with Gasteiger partial charge in [-0.3, -0.25) is 24.4 Å². The predicted molar refractivity (Wildman–Crippen MR) is 112 cm³/mol. The van der Waals surface area contributed by atoms with E-state index in [0.717, 1.165) is 0 Å². The molecule has 30 heavy (non-hydrogen) atoms. The molecule has 0 fully saturated rings. The minimum atomic E-state index is -1.06. The van der Waals surface area contributed by atoms with E-state index in [2.05, 4.69) is 5.32 Å². The van der Waals surface area contributed by atoms with E-state index < -0.39 is 16.9 Å². The van der Waals surface area contributed by atoms with Gasteiger partial charge in [-0.2, -0.15) is 0 Å². The smallest absolute Gasteiger partial charge is 0.311 e. The lowest BCUT2D eigenvalue weighted by atomic mass is 10.2. The second-order valence-corrected chi connectivity index (χ2v) is 6.91. The highest BCUT2D eigenvalue weighted by molar-refractivity contribution is 5.94. The van der Waals surface area contributed by atoms with E-state index in [9.17, 15) is 19.7 Å². The number of hydrogen-bond acceptors (Lipinski definition) is 5. The molecule has 9 heteroatoms. The average molecular weight is 410 g/mol. The summed E-state index contributed by atoms with van der Waals surface area (Å²) in [5, 5.41) is 13.9. The van der Waals surface area contributed by atoms with Crippen LogP contribution in [0.3, 0.4) is 0 Å². The number of rotatable bonds is 6. The molecule has 0 radical (unpaired) electrons. The van der Waals surface area contributed by atoms with Gasteiger partial charge >= 0.3 is 5.69 Å². The van der Waals surface area contributed by atoms with Crippen LogP contribution in [0, 0.1) is 24.0 Å². The van der Waals surface area contributed by atoms with E-state index in [1.54, 1.807) is 43.8 Å². The van der Waals surface area contributed by atoms with Gasteiger partial charge in [-0.25, -0.2) is 4.68 Å². The molecule has 1 atom stereocenters. The van der Waals surface area contributed by atoms with Crippen molar-refractivity contribution in [2.75, 3.05) is 5.32 Å². The lowest BCUT2D eigenvalue weighted by Gasteiger charge is -2.14. The molecule has 0 aliphatic rings. The highest BCUT2D eigenvalue weighted by Crippen LogP contribution is 2.28. The Hall–Kier alpha value is -3.88. The van der Waals surface area contributed by atoms with E-state index in [1.807, 2.05) is 18.2 Å². The van der Waals surface area contributed by atoms with Gasteiger partial charge < -0.3 is 10.1 Å². The number of ether oxygens (including phenoxy) is 1. The summed E-state index contributed by atoms with van der Waals surface area (Å²) in [7, 11) is 1.72. The summed E-state index contributed by atoms with van der Waals surface area (Å²) in [6.45, 7) is 4.91. The number of amides is 1. The number of carbonyl (C=O) groups is 1. The number of anilines is 1. The van der Waals surface area contributed by atoms with Crippen LogP contribution in [0.25, 0.3) is 5.69 Å². The fraction of sp³-hybridized carbons (Fsp3) is 0.238. The first-order valence-corrected chi connectivity index (χ1v) is 9.27. The van der Waals surface area contributed by atoms with E-state index in [-0.39, 0.29) is 22.7 Å². The molecule has 0 saturated heterocycles. The zero-order valence-corrected chi connectivity index (χ0v) is 17.1. The van der Waals surface area contributed by atoms with E-state index in [0.29, 0.717) is 16.9 Å². The quantitative estimate of drug-likeness (QED) is 0.496. The SMILES string of the molecule is Cc1ccc(O[C@@H](C)C(=O)Nc2c(C)n(C)n(-c3ccccc3)c2=O)c([N+](=O)[O-])c1. The van der Waals surface area contributed by atoms with Crippen LogP contribution in [0.2, 0.25) is 0 Å². The van der Waals surface area contributed by atoms with E-state index in [4.69, 9.17) is 4.74 Å². The third kappa shape index (κ3) is 3.95. The van der Waals surface area contributed by atoms with Crippen LogP contribution in [-0.4, -0.2) is 26.3 Å². The van der Waals surface area contributed by atoms with Crippen LogP contribution in [0.1, 0.15) is 18.2 Å². The molecule has 0 bridgehead atoms. The number of nitro groups is 1. The Balaban J connectivity index is 1.85. The second kappa shape index (κ2) is 8.24. The largest absolute Gasteiger partial charge is 0.474 e. The normalized spacial score (nSPS) is 11.7. The summed E-state index contributed by atoms with van der Waals surface area (Å²) in [4.78, 5) is 36.3. The molecule has 1 N–H and O–H groups in total. The fourth-order valence-electron chi connectivity index (χ4n) is 3.05. The molecular formula is C21H22N4O5. The first-order valence-electron chi connectivity index (χ1n) is 9.27. The van der Waals surface area contributed by atoms with Crippen LogP contribution in [0.15, 0.2) is 53.3 Å². The Morgan fingerprint density at radius 3 is 2.47 bits per heavy atom.